The largest absolute Gasteiger partial charge is 0.469 e. The van der Waals surface area contributed by atoms with Gasteiger partial charge in [-0.15, -0.1) is 11.6 Å². The zero-order chi connectivity index (χ0) is 14.3. The average Bonchev–Trinajstić information content (AvgIpc) is 2.40. The highest BCUT2D eigenvalue weighted by Gasteiger charge is 2.02. The second-order valence-corrected chi connectivity index (χ2v) is 5.95. The van der Waals surface area contributed by atoms with E-state index in [1.807, 2.05) is 0 Å². The van der Waals surface area contributed by atoms with Gasteiger partial charge >= 0.3 is 5.97 Å². The van der Waals surface area contributed by atoms with Gasteiger partial charge in [-0.05, 0) is 19.3 Å². The van der Waals surface area contributed by atoms with Crippen molar-refractivity contribution in [3.63, 3.8) is 0 Å². The summed E-state index contributed by atoms with van der Waals surface area (Å²) in [7, 11) is 1.45. The van der Waals surface area contributed by atoms with Gasteiger partial charge in [0, 0.05) is 11.8 Å². The molecule has 0 rings (SSSR count). The summed E-state index contributed by atoms with van der Waals surface area (Å²) in [6.45, 7) is 2.19. The van der Waals surface area contributed by atoms with Crippen LogP contribution in [-0.2, 0) is 9.53 Å². The van der Waals surface area contributed by atoms with Crippen LogP contribution in [0.1, 0.15) is 84.0 Å². The Morgan fingerprint density at radius 2 is 1.47 bits per heavy atom. The molecule has 0 spiro atoms. The van der Waals surface area contributed by atoms with E-state index in [0.29, 0.717) is 11.8 Å². The van der Waals surface area contributed by atoms with Crippen molar-refractivity contribution in [2.45, 2.75) is 89.4 Å². The molecular formula is C16H31ClO2. The van der Waals surface area contributed by atoms with Gasteiger partial charge in [0.25, 0.3) is 0 Å². The fraction of sp³-hybridized carbons (Fsp3) is 0.938. The van der Waals surface area contributed by atoms with E-state index in [-0.39, 0.29) is 5.97 Å². The molecule has 1 unspecified atom stereocenters. The minimum atomic E-state index is -0.0808. The smallest absolute Gasteiger partial charge is 0.305 e. The third-order valence-corrected chi connectivity index (χ3v) is 3.91. The SMILES string of the molecule is CCCC(Cl)CCCCCCCCCCC(=O)OC. The van der Waals surface area contributed by atoms with E-state index in [9.17, 15) is 4.79 Å². The summed E-state index contributed by atoms with van der Waals surface area (Å²) in [4.78, 5) is 10.9. The van der Waals surface area contributed by atoms with E-state index in [2.05, 4.69) is 11.7 Å². The number of hydrogen-bond donors (Lipinski definition) is 0. The molecule has 19 heavy (non-hydrogen) atoms. The molecule has 0 aliphatic heterocycles. The topological polar surface area (TPSA) is 26.3 Å². The van der Waals surface area contributed by atoms with Crippen LogP contribution < -0.4 is 0 Å². The Kier molecular flexibility index (Phi) is 14.0. The molecule has 3 heteroatoms. The Labute approximate surface area is 124 Å². The van der Waals surface area contributed by atoms with Gasteiger partial charge in [0.2, 0.25) is 0 Å². The Morgan fingerprint density at radius 3 is 2.00 bits per heavy atom. The first-order valence-corrected chi connectivity index (χ1v) is 8.35. The molecule has 0 heterocycles. The molecule has 0 saturated heterocycles. The van der Waals surface area contributed by atoms with Crippen molar-refractivity contribution in [1.29, 1.82) is 0 Å². The third-order valence-electron chi connectivity index (χ3n) is 3.48. The fourth-order valence-electron chi connectivity index (χ4n) is 2.26. The van der Waals surface area contributed by atoms with Gasteiger partial charge in [0.05, 0.1) is 7.11 Å². The fourth-order valence-corrected chi connectivity index (χ4v) is 2.63. The van der Waals surface area contributed by atoms with Gasteiger partial charge < -0.3 is 4.74 Å². The van der Waals surface area contributed by atoms with Crippen LogP contribution in [0.5, 0.6) is 0 Å². The van der Waals surface area contributed by atoms with Crippen LogP contribution in [-0.4, -0.2) is 18.5 Å². The Balaban J connectivity index is 3.09. The van der Waals surface area contributed by atoms with Crippen LogP contribution in [0.4, 0.5) is 0 Å². The van der Waals surface area contributed by atoms with Crippen LogP contribution in [0.15, 0.2) is 0 Å². The summed E-state index contributed by atoms with van der Waals surface area (Å²) >= 11 is 6.18. The molecule has 0 amide bonds. The van der Waals surface area contributed by atoms with Crippen molar-refractivity contribution < 1.29 is 9.53 Å². The molecule has 0 aliphatic carbocycles. The number of rotatable bonds is 13. The van der Waals surface area contributed by atoms with Crippen LogP contribution in [0.2, 0.25) is 0 Å². The number of halogens is 1. The van der Waals surface area contributed by atoms with E-state index in [1.165, 1.54) is 58.5 Å². The van der Waals surface area contributed by atoms with Crippen molar-refractivity contribution in [2.24, 2.45) is 0 Å². The van der Waals surface area contributed by atoms with E-state index in [0.717, 1.165) is 19.3 Å². The Hall–Kier alpha value is -0.240. The standard InChI is InChI=1S/C16H31ClO2/c1-3-12-15(17)13-10-8-6-4-5-7-9-11-14-16(18)19-2/h15H,3-14H2,1-2H3. The number of unbranched alkanes of at least 4 members (excludes halogenated alkanes) is 7. The van der Waals surface area contributed by atoms with Crippen LogP contribution in [0.25, 0.3) is 0 Å². The van der Waals surface area contributed by atoms with Gasteiger partial charge in [-0.25, -0.2) is 0 Å². The molecule has 0 fully saturated rings. The van der Waals surface area contributed by atoms with E-state index in [4.69, 9.17) is 11.6 Å². The van der Waals surface area contributed by atoms with Gasteiger partial charge in [-0.3, -0.25) is 4.79 Å². The van der Waals surface area contributed by atoms with E-state index >= 15 is 0 Å². The summed E-state index contributed by atoms with van der Waals surface area (Å²) in [5.41, 5.74) is 0. The molecule has 0 aliphatic rings. The first-order chi connectivity index (χ1) is 9.20. The lowest BCUT2D eigenvalue weighted by Gasteiger charge is -2.07. The normalized spacial score (nSPS) is 12.4. The lowest BCUT2D eigenvalue weighted by atomic mass is 10.0. The zero-order valence-corrected chi connectivity index (χ0v) is 13.5. The van der Waals surface area contributed by atoms with Crippen LogP contribution >= 0.6 is 11.6 Å². The summed E-state index contributed by atoms with van der Waals surface area (Å²) in [5.74, 6) is -0.0808. The number of methoxy groups -OCH3 is 1. The molecule has 0 aromatic carbocycles. The Morgan fingerprint density at radius 1 is 0.947 bits per heavy atom. The van der Waals surface area contributed by atoms with Gasteiger partial charge in [-0.1, -0.05) is 58.3 Å². The second kappa shape index (κ2) is 14.2. The number of carbonyl (C=O) groups excluding carboxylic acids is 1. The van der Waals surface area contributed by atoms with Crippen molar-refractivity contribution in [3.05, 3.63) is 0 Å². The summed E-state index contributed by atoms with van der Waals surface area (Å²) in [5, 5.41) is 0.392. The second-order valence-electron chi connectivity index (χ2n) is 5.33. The van der Waals surface area contributed by atoms with Gasteiger partial charge in [0.1, 0.15) is 0 Å². The minimum Gasteiger partial charge on any atom is -0.469 e. The monoisotopic (exact) mass is 290 g/mol. The summed E-state index contributed by atoms with van der Waals surface area (Å²) in [6, 6.07) is 0. The average molecular weight is 291 g/mol. The highest BCUT2D eigenvalue weighted by molar-refractivity contribution is 6.20. The maximum Gasteiger partial charge on any atom is 0.305 e. The minimum absolute atomic E-state index is 0.0808. The summed E-state index contributed by atoms with van der Waals surface area (Å²) in [6.07, 6.45) is 14.0. The Bertz CT molecular complexity index is 207. The lowest BCUT2D eigenvalue weighted by molar-refractivity contribution is -0.140. The van der Waals surface area contributed by atoms with Gasteiger partial charge in [0.15, 0.2) is 0 Å². The zero-order valence-electron chi connectivity index (χ0n) is 12.8. The number of ether oxygens (including phenoxy) is 1. The summed E-state index contributed by atoms with van der Waals surface area (Å²) < 4.78 is 4.61. The van der Waals surface area contributed by atoms with Crippen molar-refractivity contribution in [1.82, 2.24) is 0 Å². The van der Waals surface area contributed by atoms with Crippen molar-refractivity contribution in [3.8, 4) is 0 Å². The first kappa shape index (κ1) is 18.8. The van der Waals surface area contributed by atoms with Crippen molar-refractivity contribution >= 4 is 17.6 Å². The predicted molar refractivity (Wildman–Crippen MR) is 82.7 cm³/mol. The molecule has 0 aromatic rings. The molecular weight excluding hydrogens is 260 g/mol. The van der Waals surface area contributed by atoms with E-state index in [1.54, 1.807) is 0 Å². The molecule has 0 aromatic heterocycles. The van der Waals surface area contributed by atoms with E-state index < -0.39 is 0 Å². The molecule has 0 N–H and O–H groups in total. The molecule has 1 atom stereocenters. The number of alkyl halides is 1. The van der Waals surface area contributed by atoms with Crippen molar-refractivity contribution in [2.75, 3.05) is 7.11 Å². The molecule has 114 valence electrons. The number of carbonyl (C=O) groups is 1. The van der Waals surface area contributed by atoms with Gasteiger partial charge in [-0.2, -0.15) is 0 Å². The number of esters is 1. The molecule has 0 radical (unpaired) electrons. The quantitative estimate of drug-likeness (QED) is 0.255. The lowest BCUT2D eigenvalue weighted by Crippen LogP contribution is -1.99. The number of hydrogen-bond acceptors (Lipinski definition) is 2. The molecule has 0 saturated carbocycles. The first-order valence-electron chi connectivity index (χ1n) is 7.91. The maximum absolute atomic E-state index is 10.9. The predicted octanol–water partition coefficient (Wildman–Crippen LogP) is 5.47. The molecule has 2 nitrogen and oxygen atoms in total. The third kappa shape index (κ3) is 14.0. The highest BCUT2D eigenvalue weighted by Crippen LogP contribution is 2.16. The van der Waals surface area contributed by atoms with Crippen LogP contribution in [0.3, 0.4) is 0 Å². The molecule has 0 bridgehead atoms. The maximum atomic E-state index is 10.9. The van der Waals surface area contributed by atoms with Crippen LogP contribution in [0, 0.1) is 0 Å². The highest BCUT2D eigenvalue weighted by atomic mass is 35.5.